The molecule has 2 aliphatic heterocycles. The van der Waals surface area contributed by atoms with Gasteiger partial charge in [0.05, 0.1) is 30.1 Å². The van der Waals surface area contributed by atoms with Crippen molar-refractivity contribution in [3.8, 4) is 28.4 Å². The maximum Gasteiger partial charge on any atom is 0.231 e. The molecule has 0 aromatic heterocycles. The van der Waals surface area contributed by atoms with E-state index in [0.717, 1.165) is 95.0 Å². The number of oxime groups is 1. The molecule has 0 spiro atoms. The van der Waals surface area contributed by atoms with Gasteiger partial charge in [0, 0.05) is 55.0 Å². The number of nitrogens with zero attached hydrogens (tertiary/aromatic N) is 1. The summed E-state index contributed by atoms with van der Waals surface area (Å²) in [7, 11) is 0. The van der Waals surface area contributed by atoms with Crippen molar-refractivity contribution in [2.24, 2.45) is 22.9 Å². The number of amides is 1. The van der Waals surface area contributed by atoms with Gasteiger partial charge >= 0.3 is 0 Å². The number of aliphatic hydroxyl groups excluding tert-OH is 2. The van der Waals surface area contributed by atoms with E-state index in [-0.39, 0.29) is 54.6 Å². The van der Waals surface area contributed by atoms with Crippen LogP contribution in [-0.4, -0.2) is 65.6 Å². The summed E-state index contributed by atoms with van der Waals surface area (Å²) in [6.45, 7) is 6.74. The van der Waals surface area contributed by atoms with E-state index in [1.54, 1.807) is 17.8 Å². The molecule has 11 heteroatoms. The number of carbonyl (C=O) groups excluding carboxylic acids is 1. The number of carbonyl (C=O) groups is 1. The van der Waals surface area contributed by atoms with Crippen LogP contribution < -0.4 is 14.8 Å². The van der Waals surface area contributed by atoms with E-state index < -0.39 is 12.1 Å². The number of ether oxygens (including phenoxy) is 4. The number of nitrogens with one attached hydrogen (secondary N) is 1. The van der Waals surface area contributed by atoms with Gasteiger partial charge in [0.2, 0.25) is 18.0 Å². The monoisotopic (exact) mass is 872 g/mol. The lowest BCUT2D eigenvalue weighted by atomic mass is 9.56. The first-order valence-electron chi connectivity index (χ1n) is 22.6. The number of benzene rings is 4. The molecule has 2 heterocycles. The standard InChI is InChI=1S/C52H60N2O8S/c1-3-30-59-52-48(63-42-25-20-39(21-26-42)53-35(2)57)34-46(54-62-49-17-9-12-31-58-49)44-32-38(15-7-10-28-55)43(16-8-11-29-56)50(51(44)52)45-33-41(24-27-47(45)61-52)60-40-22-18-37(19-23-40)36-13-5-4-6-14-36/h3-6,13-14,18-27,32-33,38,43,48-51,55-56H,1,7-12,15-17,28-31,34H2,2H3,(H,53,57). The number of anilines is 1. The molecule has 7 unspecified atom stereocenters. The molecular weight excluding hydrogens is 813 g/mol. The van der Waals surface area contributed by atoms with Crippen molar-refractivity contribution in [2.45, 2.75) is 99.3 Å². The zero-order valence-corrected chi connectivity index (χ0v) is 37.0. The van der Waals surface area contributed by atoms with E-state index in [1.165, 1.54) is 6.92 Å². The quantitative estimate of drug-likeness (QED) is 0.0479. The summed E-state index contributed by atoms with van der Waals surface area (Å²) in [5.41, 5.74) is 5.93. The minimum absolute atomic E-state index is 0.0953. The zero-order valence-electron chi connectivity index (χ0n) is 36.2. The van der Waals surface area contributed by atoms with Gasteiger partial charge in [0.15, 0.2) is 0 Å². The van der Waals surface area contributed by atoms with Gasteiger partial charge in [-0.1, -0.05) is 72.6 Å². The van der Waals surface area contributed by atoms with Crippen LogP contribution in [0, 0.1) is 17.8 Å². The van der Waals surface area contributed by atoms with Gasteiger partial charge in [0.1, 0.15) is 17.2 Å². The van der Waals surface area contributed by atoms with Crippen LogP contribution in [-0.2, 0) is 19.1 Å². The lowest BCUT2D eigenvalue weighted by Crippen LogP contribution is -2.64. The third-order valence-corrected chi connectivity index (χ3v) is 14.0. The molecule has 332 valence electrons. The Morgan fingerprint density at radius 3 is 2.38 bits per heavy atom. The summed E-state index contributed by atoms with van der Waals surface area (Å²) in [5, 5.41) is 27.5. The first-order valence-corrected chi connectivity index (χ1v) is 23.5. The van der Waals surface area contributed by atoms with Gasteiger partial charge in [-0.3, -0.25) is 4.79 Å². The summed E-state index contributed by atoms with van der Waals surface area (Å²) in [5.74, 6) is 0.787. The third kappa shape index (κ3) is 10.4. The topological polar surface area (TPSA) is 128 Å². The molecule has 10 nitrogen and oxygen atoms in total. The highest BCUT2D eigenvalue weighted by atomic mass is 32.2. The maximum atomic E-state index is 11.9. The van der Waals surface area contributed by atoms with Gasteiger partial charge in [-0.25, -0.2) is 0 Å². The summed E-state index contributed by atoms with van der Waals surface area (Å²) < 4.78 is 27.2. The van der Waals surface area contributed by atoms with Crippen molar-refractivity contribution < 1.29 is 38.8 Å². The highest BCUT2D eigenvalue weighted by Crippen LogP contribution is 2.63. The fourth-order valence-electron chi connectivity index (χ4n) is 9.87. The normalized spacial score (nSPS) is 25.5. The van der Waals surface area contributed by atoms with Crippen molar-refractivity contribution >= 4 is 29.1 Å². The third-order valence-electron chi connectivity index (χ3n) is 12.7. The van der Waals surface area contributed by atoms with Crippen LogP contribution >= 0.6 is 11.8 Å². The largest absolute Gasteiger partial charge is 0.460 e. The van der Waals surface area contributed by atoms with Crippen LogP contribution in [0.15, 0.2) is 131 Å². The van der Waals surface area contributed by atoms with E-state index in [1.807, 2.05) is 66.7 Å². The number of allylic oxidation sites excluding steroid dienone is 1. The van der Waals surface area contributed by atoms with Crippen LogP contribution in [0.4, 0.5) is 5.69 Å². The van der Waals surface area contributed by atoms with Gasteiger partial charge in [-0.2, -0.15) is 0 Å². The molecule has 2 aliphatic carbocycles. The van der Waals surface area contributed by atoms with E-state index in [9.17, 15) is 15.0 Å². The molecular formula is C52H60N2O8S. The number of hydrogen-bond acceptors (Lipinski definition) is 10. The molecule has 4 aliphatic rings. The second-order valence-electron chi connectivity index (χ2n) is 17.0. The van der Waals surface area contributed by atoms with E-state index in [2.05, 4.69) is 48.3 Å². The molecule has 2 fully saturated rings. The maximum absolute atomic E-state index is 11.9. The van der Waals surface area contributed by atoms with Gasteiger partial charge in [0.25, 0.3) is 0 Å². The highest BCUT2D eigenvalue weighted by molar-refractivity contribution is 8.00. The van der Waals surface area contributed by atoms with Crippen molar-refractivity contribution in [1.82, 2.24) is 0 Å². The van der Waals surface area contributed by atoms with E-state index >= 15 is 0 Å². The number of fused-ring (bicyclic) bond motifs is 2. The summed E-state index contributed by atoms with van der Waals surface area (Å²) in [6.07, 6.45) is 12.0. The van der Waals surface area contributed by atoms with Gasteiger partial charge in [-0.15, -0.1) is 18.3 Å². The van der Waals surface area contributed by atoms with Crippen LogP contribution in [0.5, 0.6) is 17.2 Å². The van der Waals surface area contributed by atoms with Crippen molar-refractivity contribution in [3.05, 3.63) is 127 Å². The first-order chi connectivity index (χ1) is 30.9. The van der Waals surface area contributed by atoms with Crippen molar-refractivity contribution in [1.29, 1.82) is 0 Å². The Kier molecular flexibility index (Phi) is 15.0. The summed E-state index contributed by atoms with van der Waals surface area (Å²) in [6, 6.07) is 32.5. The van der Waals surface area contributed by atoms with Crippen molar-refractivity contribution in [3.63, 3.8) is 0 Å². The number of unbranched alkanes of at least 4 members (excludes halogenated alkanes) is 2. The fourth-order valence-corrected chi connectivity index (χ4v) is 11.2. The molecule has 4 aromatic carbocycles. The Bertz CT molecular complexity index is 2210. The Morgan fingerprint density at radius 2 is 1.67 bits per heavy atom. The number of hydrogen-bond donors (Lipinski definition) is 3. The average molecular weight is 873 g/mol. The van der Waals surface area contributed by atoms with Crippen LogP contribution in [0.25, 0.3) is 11.1 Å². The van der Waals surface area contributed by atoms with Gasteiger partial charge in [-0.05, 0) is 122 Å². The molecule has 1 saturated carbocycles. The second kappa shape index (κ2) is 21.2. The molecule has 7 atom stereocenters. The first kappa shape index (κ1) is 44.7. The van der Waals surface area contributed by atoms with E-state index in [4.69, 9.17) is 28.9 Å². The minimum Gasteiger partial charge on any atom is -0.460 e. The van der Waals surface area contributed by atoms with E-state index in [0.29, 0.717) is 31.6 Å². The Labute approximate surface area is 375 Å². The van der Waals surface area contributed by atoms with Crippen LogP contribution in [0.3, 0.4) is 0 Å². The molecule has 0 radical (unpaired) electrons. The smallest absolute Gasteiger partial charge is 0.231 e. The Hall–Kier alpha value is -4.91. The molecule has 1 saturated heterocycles. The average Bonchev–Trinajstić information content (AvgIpc) is 3.31. The second-order valence-corrected chi connectivity index (χ2v) is 18.2. The number of aliphatic hydroxyl groups is 2. The SMILES string of the molecule is C=CCOC12Oc3ccc(Oc4ccc(-c5ccccc5)cc4)cc3C3C(CCCCO)C(CCCCO)C=C(C(=NOC4CCCCO4)CC1Sc1ccc(NC(C)=O)cc1)C32. The lowest BCUT2D eigenvalue weighted by molar-refractivity contribution is -0.223. The molecule has 3 N–H and O–H groups in total. The number of thioether (sulfide) groups is 1. The molecule has 63 heavy (non-hydrogen) atoms. The summed E-state index contributed by atoms with van der Waals surface area (Å²) >= 11 is 1.67. The number of rotatable bonds is 19. The zero-order chi connectivity index (χ0) is 43.6. The minimum atomic E-state index is -1.15. The lowest BCUT2D eigenvalue weighted by Gasteiger charge is -2.58. The van der Waals surface area contributed by atoms with Crippen LogP contribution in [0.2, 0.25) is 0 Å². The predicted molar refractivity (Wildman–Crippen MR) is 248 cm³/mol. The fraction of sp³-hybridized carbons (Fsp3) is 0.423. The predicted octanol–water partition coefficient (Wildman–Crippen LogP) is 11.1. The Morgan fingerprint density at radius 1 is 0.921 bits per heavy atom. The van der Waals surface area contributed by atoms with Gasteiger partial charge < -0.3 is 39.3 Å². The highest BCUT2D eigenvalue weighted by Gasteiger charge is 2.64. The molecule has 0 bridgehead atoms. The van der Waals surface area contributed by atoms with Crippen molar-refractivity contribution in [2.75, 3.05) is 31.7 Å². The molecule has 4 aromatic rings. The van der Waals surface area contributed by atoms with Crippen LogP contribution in [0.1, 0.15) is 82.6 Å². The Balaban J connectivity index is 1.25. The summed E-state index contributed by atoms with van der Waals surface area (Å²) in [4.78, 5) is 19.2. The molecule has 8 rings (SSSR count). The molecule has 1 amide bonds.